The van der Waals surface area contributed by atoms with Crippen LogP contribution in [0.2, 0.25) is 0 Å². The average Bonchev–Trinajstić information content (AvgIpc) is 1.87. The summed E-state index contributed by atoms with van der Waals surface area (Å²) in [7, 11) is 0. The second-order valence-electron chi connectivity index (χ2n) is 1.72. The first-order valence-corrected chi connectivity index (χ1v) is 2.76. The summed E-state index contributed by atoms with van der Waals surface area (Å²) in [6.07, 6.45) is 0. The number of nitrogens with two attached hydrogens (primary N) is 2. The largest absolute Gasteiger partial charge is 0.376 e. The third-order valence-electron chi connectivity index (χ3n) is 0.927. The van der Waals surface area contributed by atoms with Gasteiger partial charge in [-0.3, -0.25) is 4.90 Å². The van der Waals surface area contributed by atoms with E-state index in [0.717, 1.165) is 4.90 Å². The number of amides is 4. The summed E-state index contributed by atoms with van der Waals surface area (Å²) < 4.78 is 0. The third-order valence-corrected chi connectivity index (χ3v) is 0.927. The number of carbonyl (C=O) groups is 2. The van der Waals surface area contributed by atoms with E-state index in [4.69, 9.17) is 10.8 Å². The van der Waals surface area contributed by atoms with Crippen LogP contribution in [0.3, 0.4) is 0 Å². The molecule has 7 nitrogen and oxygen atoms in total. The van der Waals surface area contributed by atoms with Crippen LogP contribution in [0.15, 0.2) is 0 Å². The van der Waals surface area contributed by atoms with Crippen LogP contribution in [0.4, 0.5) is 9.59 Å². The summed E-state index contributed by atoms with van der Waals surface area (Å²) >= 11 is 0. The fraction of sp³-hybridized carbons (Fsp3) is 0.500. The number of urea groups is 2. The summed E-state index contributed by atoms with van der Waals surface area (Å²) in [4.78, 5) is 21.2. The van der Waals surface area contributed by atoms with Gasteiger partial charge in [0, 0.05) is 0 Å². The Labute approximate surface area is 62.9 Å². The second kappa shape index (κ2) is 4.34. The molecule has 0 heterocycles. The van der Waals surface area contributed by atoms with Crippen molar-refractivity contribution in [3.05, 3.63) is 0 Å². The highest BCUT2D eigenvalue weighted by Gasteiger charge is 2.06. The molecule has 0 rings (SSSR count). The number of nitrogens with zero attached hydrogens (tertiary/aromatic N) is 1. The van der Waals surface area contributed by atoms with Gasteiger partial charge in [0.15, 0.2) is 0 Å². The van der Waals surface area contributed by atoms with Gasteiger partial charge in [-0.1, -0.05) is 0 Å². The monoisotopic (exact) mass is 162 g/mol. The molecule has 0 fully saturated rings. The number of aliphatic hydroxyl groups is 1. The van der Waals surface area contributed by atoms with Crippen molar-refractivity contribution >= 4 is 12.1 Å². The molecule has 11 heavy (non-hydrogen) atoms. The van der Waals surface area contributed by atoms with Crippen molar-refractivity contribution in [3.63, 3.8) is 0 Å². The van der Waals surface area contributed by atoms with Crippen LogP contribution in [0.5, 0.6) is 0 Å². The maximum Gasteiger partial charge on any atom is 0.318 e. The molecule has 0 saturated heterocycles. The van der Waals surface area contributed by atoms with Crippen LogP contribution in [0.25, 0.3) is 0 Å². The molecule has 6 N–H and O–H groups in total. The van der Waals surface area contributed by atoms with Crippen molar-refractivity contribution in [2.24, 2.45) is 11.5 Å². The Morgan fingerprint density at radius 3 is 2.27 bits per heavy atom. The summed E-state index contributed by atoms with van der Waals surface area (Å²) in [5.74, 6) is 0. The number of primary amides is 2. The maximum atomic E-state index is 10.3. The molecule has 0 radical (unpaired) electrons. The molecular weight excluding hydrogens is 152 g/mol. The zero-order chi connectivity index (χ0) is 8.85. The lowest BCUT2D eigenvalue weighted by atomic mass is 10.7. The third kappa shape index (κ3) is 3.98. The second-order valence-corrected chi connectivity index (χ2v) is 1.72. The van der Waals surface area contributed by atoms with Crippen LogP contribution in [-0.4, -0.2) is 35.5 Å². The van der Waals surface area contributed by atoms with Gasteiger partial charge in [0.05, 0.1) is 6.67 Å². The van der Waals surface area contributed by atoms with Crippen LogP contribution >= 0.6 is 0 Å². The smallest absolute Gasteiger partial charge is 0.318 e. The van der Waals surface area contributed by atoms with Gasteiger partial charge < -0.3 is 21.9 Å². The Morgan fingerprint density at radius 1 is 1.45 bits per heavy atom. The Balaban J connectivity index is 3.70. The van der Waals surface area contributed by atoms with E-state index < -0.39 is 18.8 Å². The Morgan fingerprint density at radius 2 is 2.00 bits per heavy atom. The predicted octanol–water partition coefficient (Wildman–Crippen LogP) is -2.06. The molecule has 0 aromatic heterocycles. The van der Waals surface area contributed by atoms with Crippen molar-refractivity contribution in [2.75, 3.05) is 13.4 Å². The topological polar surface area (TPSA) is 122 Å². The molecule has 0 spiro atoms. The molecule has 7 heteroatoms. The van der Waals surface area contributed by atoms with Gasteiger partial charge in [-0.25, -0.2) is 9.59 Å². The van der Waals surface area contributed by atoms with Crippen LogP contribution in [0.1, 0.15) is 0 Å². The van der Waals surface area contributed by atoms with Crippen molar-refractivity contribution < 1.29 is 14.7 Å². The summed E-state index contributed by atoms with van der Waals surface area (Å²) in [5, 5.41) is 10.5. The SMILES string of the molecule is NC(=O)NCN(CO)C(N)=O. The zero-order valence-corrected chi connectivity index (χ0v) is 5.78. The maximum absolute atomic E-state index is 10.3. The summed E-state index contributed by atoms with van der Waals surface area (Å²) in [6, 6.07) is -1.62. The van der Waals surface area contributed by atoms with E-state index >= 15 is 0 Å². The fourth-order valence-corrected chi connectivity index (χ4v) is 0.371. The van der Waals surface area contributed by atoms with E-state index in [-0.39, 0.29) is 6.67 Å². The van der Waals surface area contributed by atoms with Gasteiger partial charge in [-0.2, -0.15) is 0 Å². The zero-order valence-electron chi connectivity index (χ0n) is 5.78. The number of rotatable bonds is 3. The van der Waals surface area contributed by atoms with Crippen molar-refractivity contribution in [1.82, 2.24) is 10.2 Å². The molecule has 4 amide bonds. The van der Waals surface area contributed by atoms with Gasteiger partial charge in [-0.15, -0.1) is 0 Å². The van der Waals surface area contributed by atoms with E-state index in [1.54, 1.807) is 0 Å². The first-order valence-electron chi connectivity index (χ1n) is 2.76. The molecule has 0 saturated carbocycles. The molecule has 0 aromatic carbocycles. The minimum Gasteiger partial charge on any atom is -0.376 e. The van der Waals surface area contributed by atoms with Crippen LogP contribution in [0, 0.1) is 0 Å². The molecule has 0 aliphatic heterocycles. The van der Waals surface area contributed by atoms with Crippen molar-refractivity contribution in [1.29, 1.82) is 0 Å². The van der Waals surface area contributed by atoms with Crippen LogP contribution < -0.4 is 16.8 Å². The number of aliphatic hydroxyl groups excluding tert-OH is 1. The van der Waals surface area contributed by atoms with E-state index in [0.29, 0.717) is 0 Å². The minimum absolute atomic E-state index is 0.193. The fourth-order valence-electron chi connectivity index (χ4n) is 0.371. The lowest BCUT2D eigenvalue weighted by Crippen LogP contribution is -2.45. The highest BCUT2D eigenvalue weighted by molar-refractivity contribution is 5.74. The van der Waals surface area contributed by atoms with Gasteiger partial charge in [0.1, 0.15) is 6.73 Å². The van der Waals surface area contributed by atoms with E-state index in [1.807, 2.05) is 0 Å². The molecule has 64 valence electrons. The lowest BCUT2D eigenvalue weighted by molar-refractivity contribution is 0.124. The number of nitrogens with one attached hydrogen (secondary N) is 1. The highest BCUT2D eigenvalue weighted by Crippen LogP contribution is 1.80. The summed E-state index contributed by atoms with van der Waals surface area (Å²) in [6.45, 7) is -0.753. The van der Waals surface area contributed by atoms with E-state index in [2.05, 4.69) is 11.1 Å². The van der Waals surface area contributed by atoms with Gasteiger partial charge in [0.25, 0.3) is 0 Å². The number of carbonyl (C=O) groups excluding carboxylic acids is 2. The molecule has 0 aromatic rings. The molecule has 0 bridgehead atoms. The normalized spacial score (nSPS) is 8.82. The Hall–Kier alpha value is -1.50. The van der Waals surface area contributed by atoms with Gasteiger partial charge in [0.2, 0.25) is 0 Å². The first-order chi connectivity index (χ1) is 5.07. The van der Waals surface area contributed by atoms with Crippen molar-refractivity contribution in [3.8, 4) is 0 Å². The van der Waals surface area contributed by atoms with E-state index in [9.17, 15) is 9.59 Å². The quantitative estimate of drug-likeness (QED) is 0.357. The Kier molecular flexibility index (Phi) is 3.75. The molecule has 0 aliphatic carbocycles. The minimum atomic E-state index is -0.832. The average molecular weight is 162 g/mol. The molecule has 0 atom stereocenters. The predicted molar refractivity (Wildman–Crippen MR) is 36.1 cm³/mol. The number of hydrogen-bond acceptors (Lipinski definition) is 3. The van der Waals surface area contributed by atoms with Gasteiger partial charge >= 0.3 is 12.1 Å². The van der Waals surface area contributed by atoms with Crippen molar-refractivity contribution in [2.45, 2.75) is 0 Å². The van der Waals surface area contributed by atoms with E-state index in [1.165, 1.54) is 0 Å². The first kappa shape index (κ1) is 9.50. The lowest BCUT2D eigenvalue weighted by Gasteiger charge is -2.16. The molecule has 0 aliphatic rings. The standard InChI is InChI=1S/C4H10N4O3/c5-3(10)7-1-8(2-9)4(6)11/h9H,1-2H2,(H2,6,11)(H3,5,7,10). The Bertz CT molecular complexity index is 159. The van der Waals surface area contributed by atoms with Gasteiger partial charge in [-0.05, 0) is 0 Å². The number of hydrogen-bond donors (Lipinski definition) is 4. The molecule has 0 unspecified atom stereocenters. The van der Waals surface area contributed by atoms with Crippen LogP contribution in [-0.2, 0) is 0 Å². The highest BCUT2D eigenvalue weighted by atomic mass is 16.3. The molecular formula is C4H10N4O3. The summed E-state index contributed by atoms with van der Waals surface area (Å²) in [5.41, 5.74) is 9.45.